The molecule has 1 aromatic carbocycles. The van der Waals surface area contributed by atoms with E-state index in [1.165, 1.54) is 11.1 Å². The molecule has 1 heterocycles. The first kappa shape index (κ1) is 14.2. The average Bonchev–Trinajstić information content (AvgIpc) is 2.77. The molecule has 102 valence electrons. The van der Waals surface area contributed by atoms with Crippen molar-refractivity contribution in [2.75, 3.05) is 6.54 Å². The maximum absolute atomic E-state index is 6.18. The van der Waals surface area contributed by atoms with E-state index in [2.05, 4.69) is 32.2 Å². The molecule has 0 spiro atoms. The van der Waals surface area contributed by atoms with Gasteiger partial charge in [0.2, 0.25) is 0 Å². The van der Waals surface area contributed by atoms with Crippen molar-refractivity contribution in [3.63, 3.8) is 0 Å². The second-order valence-electron chi connectivity index (χ2n) is 4.92. The Labute approximate surface area is 119 Å². The number of rotatable bonds is 4. The highest BCUT2D eigenvalue weighted by Crippen LogP contribution is 2.31. The van der Waals surface area contributed by atoms with Gasteiger partial charge in [-0.1, -0.05) is 24.6 Å². The van der Waals surface area contributed by atoms with Gasteiger partial charge >= 0.3 is 0 Å². The van der Waals surface area contributed by atoms with Crippen LogP contribution in [0.25, 0.3) is 0 Å². The average molecular weight is 278 g/mol. The van der Waals surface area contributed by atoms with Crippen LogP contribution >= 0.6 is 11.6 Å². The molecule has 0 saturated carbocycles. The third-order valence-corrected chi connectivity index (χ3v) is 3.84. The summed E-state index contributed by atoms with van der Waals surface area (Å²) in [5.41, 5.74) is 4.66. The van der Waals surface area contributed by atoms with E-state index in [1.807, 2.05) is 19.1 Å². The number of nitrogens with one attached hydrogen (secondary N) is 1. The molecule has 0 aliphatic heterocycles. The van der Waals surface area contributed by atoms with Gasteiger partial charge < -0.3 is 9.73 Å². The minimum Gasteiger partial charge on any atom is -0.467 e. The van der Waals surface area contributed by atoms with Crippen LogP contribution in [-0.4, -0.2) is 6.54 Å². The predicted octanol–water partition coefficient (Wildman–Crippen LogP) is 4.56. The van der Waals surface area contributed by atoms with Crippen molar-refractivity contribution in [2.45, 2.75) is 33.7 Å². The molecule has 3 heteroatoms. The van der Waals surface area contributed by atoms with Gasteiger partial charge in [0.25, 0.3) is 0 Å². The minimum absolute atomic E-state index is 0.0796. The second-order valence-corrected chi connectivity index (χ2v) is 5.32. The zero-order chi connectivity index (χ0) is 14.0. The van der Waals surface area contributed by atoms with Crippen LogP contribution in [-0.2, 0) is 0 Å². The standard InChI is InChI=1S/C16H20ClNO/c1-5-18-15(16-10(2)6-7-19-16)13-8-12(4)14(17)9-11(13)3/h6-9,15,18H,5H2,1-4H3. The van der Waals surface area contributed by atoms with Gasteiger partial charge in [0.15, 0.2) is 0 Å². The fourth-order valence-electron chi connectivity index (χ4n) is 2.34. The molecule has 0 amide bonds. The van der Waals surface area contributed by atoms with Gasteiger partial charge in [-0.2, -0.15) is 0 Å². The van der Waals surface area contributed by atoms with Crippen LogP contribution in [0.3, 0.4) is 0 Å². The molecule has 0 fully saturated rings. The molecule has 2 aromatic rings. The molecule has 1 aromatic heterocycles. The fraction of sp³-hybridized carbons (Fsp3) is 0.375. The molecule has 1 unspecified atom stereocenters. The molecule has 2 rings (SSSR count). The highest BCUT2D eigenvalue weighted by molar-refractivity contribution is 6.31. The second kappa shape index (κ2) is 5.81. The molecule has 0 bridgehead atoms. The third kappa shape index (κ3) is 2.85. The van der Waals surface area contributed by atoms with E-state index in [0.717, 1.165) is 28.5 Å². The summed E-state index contributed by atoms with van der Waals surface area (Å²) >= 11 is 6.18. The van der Waals surface area contributed by atoms with Crippen molar-refractivity contribution in [3.05, 3.63) is 57.5 Å². The Morgan fingerprint density at radius 1 is 1.16 bits per heavy atom. The van der Waals surface area contributed by atoms with Crippen LogP contribution in [0.1, 0.15) is 41.0 Å². The van der Waals surface area contributed by atoms with E-state index in [4.69, 9.17) is 16.0 Å². The number of hydrogen-bond donors (Lipinski definition) is 1. The summed E-state index contributed by atoms with van der Waals surface area (Å²) in [5.74, 6) is 0.978. The van der Waals surface area contributed by atoms with Gasteiger partial charge in [-0.3, -0.25) is 0 Å². The van der Waals surface area contributed by atoms with E-state index >= 15 is 0 Å². The van der Waals surface area contributed by atoms with Crippen molar-refractivity contribution in [3.8, 4) is 0 Å². The first-order valence-corrected chi connectivity index (χ1v) is 6.96. The van der Waals surface area contributed by atoms with E-state index < -0.39 is 0 Å². The van der Waals surface area contributed by atoms with Crippen LogP contribution in [0, 0.1) is 20.8 Å². The number of benzene rings is 1. The molecule has 0 radical (unpaired) electrons. The van der Waals surface area contributed by atoms with Crippen molar-refractivity contribution in [1.29, 1.82) is 0 Å². The molecular formula is C16H20ClNO. The predicted molar refractivity (Wildman–Crippen MR) is 79.9 cm³/mol. The minimum atomic E-state index is 0.0796. The maximum atomic E-state index is 6.18. The first-order valence-electron chi connectivity index (χ1n) is 6.58. The fourth-order valence-corrected chi connectivity index (χ4v) is 2.56. The summed E-state index contributed by atoms with van der Waals surface area (Å²) in [6.07, 6.45) is 1.74. The van der Waals surface area contributed by atoms with Crippen molar-refractivity contribution < 1.29 is 4.42 Å². The lowest BCUT2D eigenvalue weighted by Crippen LogP contribution is -2.23. The quantitative estimate of drug-likeness (QED) is 0.886. The molecule has 0 aliphatic carbocycles. The Bertz CT molecular complexity index is 574. The smallest absolute Gasteiger partial charge is 0.128 e. The molecule has 1 N–H and O–H groups in total. The molecule has 0 aliphatic rings. The van der Waals surface area contributed by atoms with Crippen molar-refractivity contribution >= 4 is 11.6 Å². The van der Waals surface area contributed by atoms with E-state index in [-0.39, 0.29) is 6.04 Å². The van der Waals surface area contributed by atoms with E-state index in [9.17, 15) is 0 Å². The lowest BCUT2D eigenvalue weighted by Gasteiger charge is -2.20. The van der Waals surface area contributed by atoms with Crippen LogP contribution in [0.2, 0.25) is 5.02 Å². The zero-order valence-corrected chi connectivity index (χ0v) is 12.6. The summed E-state index contributed by atoms with van der Waals surface area (Å²) < 4.78 is 5.66. The number of furan rings is 1. The molecule has 19 heavy (non-hydrogen) atoms. The Morgan fingerprint density at radius 2 is 1.89 bits per heavy atom. The molecule has 2 nitrogen and oxygen atoms in total. The summed E-state index contributed by atoms with van der Waals surface area (Å²) in [6, 6.07) is 6.25. The summed E-state index contributed by atoms with van der Waals surface area (Å²) in [7, 11) is 0. The normalized spacial score (nSPS) is 12.7. The highest BCUT2D eigenvalue weighted by atomic mass is 35.5. The topological polar surface area (TPSA) is 25.2 Å². The summed E-state index contributed by atoms with van der Waals surface area (Å²) in [5, 5.41) is 4.31. The molecular weight excluding hydrogens is 258 g/mol. The lowest BCUT2D eigenvalue weighted by atomic mass is 9.95. The SMILES string of the molecule is CCNC(c1cc(C)c(Cl)cc1C)c1occc1C. The Morgan fingerprint density at radius 3 is 2.47 bits per heavy atom. The van der Waals surface area contributed by atoms with Crippen LogP contribution in [0.15, 0.2) is 28.9 Å². The van der Waals surface area contributed by atoms with Crippen LogP contribution in [0.4, 0.5) is 0 Å². The lowest BCUT2D eigenvalue weighted by molar-refractivity contribution is 0.448. The monoisotopic (exact) mass is 277 g/mol. The van der Waals surface area contributed by atoms with E-state index in [1.54, 1.807) is 6.26 Å². The summed E-state index contributed by atoms with van der Waals surface area (Å²) in [6.45, 7) is 9.17. The van der Waals surface area contributed by atoms with Crippen LogP contribution in [0.5, 0.6) is 0 Å². The van der Waals surface area contributed by atoms with Gasteiger partial charge in [-0.05, 0) is 61.7 Å². The van der Waals surface area contributed by atoms with Crippen LogP contribution < -0.4 is 5.32 Å². The van der Waals surface area contributed by atoms with Gasteiger partial charge in [0.05, 0.1) is 12.3 Å². The maximum Gasteiger partial charge on any atom is 0.128 e. The zero-order valence-electron chi connectivity index (χ0n) is 11.9. The number of hydrogen-bond acceptors (Lipinski definition) is 2. The van der Waals surface area contributed by atoms with Gasteiger partial charge in [-0.15, -0.1) is 0 Å². The first-order chi connectivity index (χ1) is 9.04. The highest BCUT2D eigenvalue weighted by Gasteiger charge is 2.20. The van der Waals surface area contributed by atoms with Gasteiger partial charge in [0, 0.05) is 5.02 Å². The van der Waals surface area contributed by atoms with Gasteiger partial charge in [0.1, 0.15) is 5.76 Å². The molecule has 1 atom stereocenters. The largest absolute Gasteiger partial charge is 0.467 e. The van der Waals surface area contributed by atoms with Gasteiger partial charge in [-0.25, -0.2) is 0 Å². The molecule has 0 saturated heterocycles. The van der Waals surface area contributed by atoms with E-state index in [0.29, 0.717) is 0 Å². The Hall–Kier alpha value is -1.25. The third-order valence-electron chi connectivity index (χ3n) is 3.43. The number of halogens is 1. The van der Waals surface area contributed by atoms with Crippen molar-refractivity contribution in [2.24, 2.45) is 0 Å². The number of aryl methyl sites for hydroxylation is 3. The summed E-state index contributed by atoms with van der Waals surface area (Å²) in [4.78, 5) is 0. The van der Waals surface area contributed by atoms with Crippen molar-refractivity contribution in [1.82, 2.24) is 5.32 Å². The Kier molecular flexibility index (Phi) is 4.33. The Balaban J connectivity index is 2.51.